The second-order valence-electron chi connectivity index (χ2n) is 5.18. The number of amides is 1. The van der Waals surface area contributed by atoms with Crippen molar-refractivity contribution in [1.82, 2.24) is 0 Å². The van der Waals surface area contributed by atoms with Crippen LogP contribution in [-0.4, -0.2) is 18.1 Å². The SMILES string of the molecule is CCCCCCc1cccc(NC(=O)[C@H](N)CCP)c1. The topological polar surface area (TPSA) is 55.1 Å². The molecule has 3 nitrogen and oxygen atoms in total. The Morgan fingerprint density at radius 1 is 1.35 bits per heavy atom. The zero-order valence-electron chi connectivity index (χ0n) is 12.4. The van der Waals surface area contributed by atoms with E-state index in [1.807, 2.05) is 12.1 Å². The van der Waals surface area contributed by atoms with Crippen LogP contribution in [0.2, 0.25) is 0 Å². The third-order valence-corrected chi connectivity index (χ3v) is 3.66. The average Bonchev–Trinajstić information content (AvgIpc) is 2.44. The van der Waals surface area contributed by atoms with E-state index >= 15 is 0 Å². The number of nitrogens with two attached hydrogens (primary N) is 1. The van der Waals surface area contributed by atoms with Crippen molar-refractivity contribution in [3.8, 4) is 0 Å². The van der Waals surface area contributed by atoms with Crippen LogP contribution in [0.25, 0.3) is 0 Å². The lowest BCUT2D eigenvalue weighted by Crippen LogP contribution is -2.35. The Bertz CT molecular complexity index is 409. The van der Waals surface area contributed by atoms with E-state index < -0.39 is 6.04 Å². The number of aryl methyl sites for hydroxylation is 1. The highest BCUT2D eigenvalue weighted by molar-refractivity contribution is 7.16. The fourth-order valence-electron chi connectivity index (χ4n) is 2.11. The van der Waals surface area contributed by atoms with Gasteiger partial charge in [0.25, 0.3) is 0 Å². The molecule has 1 amide bonds. The van der Waals surface area contributed by atoms with Gasteiger partial charge in [-0.25, -0.2) is 0 Å². The number of hydrogen-bond donors (Lipinski definition) is 2. The summed E-state index contributed by atoms with van der Waals surface area (Å²) in [5.74, 6) is -0.101. The van der Waals surface area contributed by atoms with Gasteiger partial charge in [-0.15, -0.1) is 9.24 Å². The molecule has 0 saturated heterocycles. The molecule has 1 rings (SSSR count). The monoisotopic (exact) mass is 294 g/mol. The molecular formula is C16H27N2OP. The summed E-state index contributed by atoms with van der Waals surface area (Å²) in [5, 5.41) is 2.90. The maximum Gasteiger partial charge on any atom is 0.241 e. The normalized spacial score (nSPS) is 12.2. The van der Waals surface area contributed by atoms with Gasteiger partial charge in [-0.3, -0.25) is 4.79 Å². The molecule has 0 aliphatic rings. The van der Waals surface area contributed by atoms with Gasteiger partial charge in [-0.2, -0.15) is 0 Å². The lowest BCUT2D eigenvalue weighted by molar-refractivity contribution is -0.117. The van der Waals surface area contributed by atoms with Gasteiger partial charge in [0.05, 0.1) is 6.04 Å². The van der Waals surface area contributed by atoms with Gasteiger partial charge >= 0.3 is 0 Å². The molecule has 112 valence electrons. The number of benzene rings is 1. The summed E-state index contributed by atoms with van der Waals surface area (Å²) in [6, 6.07) is 7.65. The molecule has 3 N–H and O–H groups in total. The van der Waals surface area contributed by atoms with Crippen molar-refractivity contribution < 1.29 is 4.79 Å². The molecule has 0 aromatic heterocycles. The van der Waals surface area contributed by atoms with Crippen LogP contribution in [0.15, 0.2) is 24.3 Å². The minimum atomic E-state index is -0.430. The minimum absolute atomic E-state index is 0.101. The van der Waals surface area contributed by atoms with Crippen LogP contribution in [0.3, 0.4) is 0 Å². The molecule has 0 bridgehead atoms. The predicted molar refractivity (Wildman–Crippen MR) is 90.1 cm³/mol. The van der Waals surface area contributed by atoms with E-state index in [1.54, 1.807) is 0 Å². The fourth-order valence-corrected chi connectivity index (χ4v) is 2.47. The molecule has 4 heteroatoms. The summed E-state index contributed by atoms with van der Waals surface area (Å²) in [4.78, 5) is 11.9. The Kier molecular flexibility index (Phi) is 8.48. The molecule has 1 unspecified atom stereocenters. The minimum Gasteiger partial charge on any atom is -0.325 e. The Balaban J connectivity index is 2.48. The predicted octanol–water partition coefficient (Wildman–Crippen LogP) is 3.34. The van der Waals surface area contributed by atoms with Crippen LogP contribution in [0.5, 0.6) is 0 Å². The number of carbonyl (C=O) groups excluding carboxylic acids is 1. The molecule has 0 heterocycles. The zero-order chi connectivity index (χ0) is 14.8. The molecule has 1 aromatic rings. The summed E-state index contributed by atoms with van der Waals surface area (Å²) < 4.78 is 0. The first kappa shape index (κ1) is 17.1. The lowest BCUT2D eigenvalue weighted by atomic mass is 10.1. The van der Waals surface area contributed by atoms with Crippen LogP contribution in [-0.2, 0) is 11.2 Å². The van der Waals surface area contributed by atoms with Crippen LogP contribution >= 0.6 is 9.24 Å². The molecule has 0 spiro atoms. The van der Waals surface area contributed by atoms with Gasteiger partial charge in [0, 0.05) is 5.69 Å². The molecular weight excluding hydrogens is 267 g/mol. The molecule has 0 fully saturated rings. The number of unbranched alkanes of at least 4 members (excludes halogenated alkanes) is 3. The second kappa shape index (κ2) is 9.90. The van der Waals surface area contributed by atoms with Gasteiger partial charge in [0.15, 0.2) is 0 Å². The first-order valence-corrected chi connectivity index (χ1v) is 8.34. The van der Waals surface area contributed by atoms with Crippen molar-refractivity contribution >= 4 is 20.8 Å². The average molecular weight is 294 g/mol. The van der Waals surface area contributed by atoms with E-state index in [-0.39, 0.29) is 5.91 Å². The second-order valence-corrected chi connectivity index (χ2v) is 5.76. The van der Waals surface area contributed by atoms with Crippen molar-refractivity contribution in [3.63, 3.8) is 0 Å². The molecule has 0 saturated carbocycles. The van der Waals surface area contributed by atoms with Gasteiger partial charge in [0.1, 0.15) is 0 Å². The Labute approximate surface area is 124 Å². The summed E-state index contributed by atoms with van der Waals surface area (Å²) in [6.45, 7) is 2.22. The van der Waals surface area contributed by atoms with Gasteiger partial charge < -0.3 is 11.1 Å². The fraction of sp³-hybridized carbons (Fsp3) is 0.562. The van der Waals surface area contributed by atoms with Crippen molar-refractivity contribution in [2.75, 3.05) is 11.5 Å². The first-order valence-electron chi connectivity index (χ1n) is 7.52. The Morgan fingerprint density at radius 2 is 2.15 bits per heavy atom. The highest BCUT2D eigenvalue weighted by Gasteiger charge is 2.12. The first-order chi connectivity index (χ1) is 9.67. The lowest BCUT2D eigenvalue weighted by Gasteiger charge is -2.12. The smallest absolute Gasteiger partial charge is 0.241 e. The number of rotatable bonds is 9. The molecule has 20 heavy (non-hydrogen) atoms. The molecule has 1 aromatic carbocycles. The summed E-state index contributed by atoms with van der Waals surface area (Å²) >= 11 is 0. The van der Waals surface area contributed by atoms with Crippen molar-refractivity contribution in [1.29, 1.82) is 0 Å². The number of carbonyl (C=O) groups is 1. The molecule has 0 aliphatic carbocycles. The Hall–Kier alpha value is -0.920. The zero-order valence-corrected chi connectivity index (χ0v) is 13.6. The van der Waals surface area contributed by atoms with Gasteiger partial charge in [-0.1, -0.05) is 38.3 Å². The number of hydrogen-bond acceptors (Lipinski definition) is 2. The third-order valence-electron chi connectivity index (χ3n) is 3.33. The van der Waals surface area contributed by atoms with Crippen LogP contribution in [0.1, 0.15) is 44.6 Å². The van der Waals surface area contributed by atoms with Crippen LogP contribution in [0, 0.1) is 0 Å². The van der Waals surface area contributed by atoms with E-state index in [4.69, 9.17) is 5.73 Å². The van der Waals surface area contributed by atoms with E-state index in [0.29, 0.717) is 6.42 Å². The summed E-state index contributed by atoms with van der Waals surface area (Å²) in [6.07, 6.45) is 7.62. The summed E-state index contributed by atoms with van der Waals surface area (Å²) in [5.41, 5.74) is 7.93. The van der Waals surface area contributed by atoms with Crippen LogP contribution in [0.4, 0.5) is 5.69 Å². The third kappa shape index (κ3) is 6.49. The summed E-state index contributed by atoms with van der Waals surface area (Å²) in [7, 11) is 2.59. The number of anilines is 1. The van der Waals surface area contributed by atoms with E-state index in [9.17, 15) is 4.79 Å². The highest BCUT2D eigenvalue weighted by Crippen LogP contribution is 2.14. The molecule has 0 radical (unpaired) electrons. The number of nitrogens with one attached hydrogen (secondary N) is 1. The van der Waals surface area contributed by atoms with Gasteiger partial charge in [-0.05, 0) is 43.1 Å². The maximum atomic E-state index is 11.9. The standard InChI is InChI=1S/C16H27N2OP/c1-2-3-4-5-7-13-8-6-9-14(12-13)18-16(19)15(17)10-11-20/h6,8-9,12,15H,2-5,7,10-11,17,20H2,1H3,(H,18,19)/t15-/m1/s1. The van der Waals surface area contributed by atoms with E-state index in [0.717, 1.165) is 18.3 Å². The van der Waals surface area contributed by atoms with E-state index in [1.165, 1.54) is 31.2 Å². The van der Waals surface area contributed by atoms with Crippen molar-refractivity contribution in [2.45, 2.75) is 51.5 Å². The highest BCUT2D eigenvalue weighted by atomic mass is 31.0. The Morgan fingerprint density at radius 3 is 2.85 bits per heavy atom. The quantitative estimate of drug-likeness (QED) is 0.542. The van der Waals surface area contributed by atoms with E-state index in [2.05, 4.69) is 33.6 Å². The van der Waals surface area contributed by atoms with Gasteiger partial charge in [0.2, 0.25) is 5.91 Å². The van der Waals surface area contributed by atoms with Crippen LogP contribution < -0.4 is 11.1 Å². The molecule has 2 atom stereocenters. The van der Waals surface area contributed by atoms with Crippen molar-refractivity contribution in [2.24, 2.45) is 5.73 Å². The largest absolute Gasteiger partial charge is 0.325 e. The van der Waals surface area contributed by atoms with Crippen molar-refractivity contribution in [3.05, 3.63) is 29.8 Å². The molecule has 0 aliphatic heterocycles. The maximum absolute atomic E-state index is 11.9.